The molecule has 1 saturated heterocycles. The lowest BCUT2D eigenvalue weighted by Crippen LogP contribution is -2.48. The van der Waals surface area contributed by atoms with Gasteiger partial charge in [0.05, 0.1) is 29.1 Å². The molecule has 0 radical (unpaired) electrons. The molecule has 0 saturated carbocycles. The molecule has 0 atom stereocenters. The molecule has 1 fully saturated rings. The number of benzene rings is 2. The monoisotopic (exact) mass is 455 g/mol. The van der Waals surface area contributed by atoms with E-state index < -0.39 is 10.0 Å². The van der Waals surface area contributed by atoms with Crippen LogP contribution in [0.5, 0.6) is 0 Å². The van der Waals surface area contributed by atoms with Gasteiger partial charge < -0.3 is 10.2 Å². The van der Waals surface area contributed by atoms with Crippen molar-refractivity contribution in [1.82, 2.24) is 9.80 Å². The van der Waals surface area contributed by atoms with Crippen LogP contribution in [0.15, 0.2) is 42.5 Å². The number of carbonyl (C=O) groups excluding carboxylic acids is 2. The van der Waals surface area contributed by atoms with E-state index in [0.29, 0.717) is 44.0 Å². The van der Waals surface area contributed by atoms with E-state index in [1.807, 2.05) is 12.1 Å². The molecule has 2 aromatic carbocycles. The number of nitrogens with zero attached hydrogens (tertiary/aromatic N) is 3. The Morgan fingerprint density at radius 3 is 2.28 bits per heavy atom. The number of carbonyl (C=O) groups is 2. The van der Waals surface area contributed by atoms with Crippen molar-refractivity contribution in [3.8, 4) is 6.07 Å². The fraction of sp³-hybridized carbons (Fsp3) is 0.318. The largest absolute Gasteiger partial charge is 0.336 e. The normalized spacial score (nSPS) is 14.5. The van der Waals surface area contributed by atoms with Crippen molar-refractivity contribution in [2.45, 2.75) is 13.5 Å². The van der Waals surface area contributed by atoms with Crippen molar-refractivity contribution in [2.24, 2.45) is 0 Å². The van der Waals surface area contributed by atoms with Gasteiger partial charge in [0.1, 0.15) is 0 Å². The zero-order valence-electron chi connectivity index (χ0n) is 18.0. The second-order valence-electron chi connectivity index (χ2n) is 7.69. The van der Waals surface area contributed by atoms with Crippen LogP contribution in [0.4, 0.5) is 11.4 Å². The summed E-state index contributed by atoms with van der Waals surface area (Å²) < 4.78 is 25.9. The number of amides is 2. The summed E-state index contributed by atoms with van der Waals surface area (Å²) in [7, 11) is -3.58. The Morgan fingerprint density at radius 2 is 1.72 bits per heavy atom. The molecule has 32 heavy (non-hydrogen) atoms. The summed E-state index contributed by atoms with van der Waals surface area (Å²) in [6.45, 7) is 4.36. The fourth-order valence-corrected chi connectivity index (χ4v) is 4.09. The van der Waals surface area contributed by atoms with Gasteiger partial charge in [-0.25, -0.2) is 8.42 Å². The lowest BCUT2D eigenvalue weighted by atomic mass is 10.1. The molecule has 1 aliphatic heterocycles. The van der Waals surface area contributed by atoms with Gasteiger partial charge in [-0.15, -0.1) is 0 Å². The molecule has 0 aliphatic carbocycles. The molecule has 168 valence electrons. The van der Waals surface area contributed by atoms with Gasteiger partial charge in [-0.1, -0.05) is 12.1 Å². The van der Waals surface area contributed by atoms with Crippen LogP contribution in [0.25, 0.3) is 0 Å². The summed E-state index contributed by atoms with van der Waals surface area (Å²) in [5.41, 5.74) is 2.48. The lowest BCUT2D eigenvalue weighted by Gasteiger charge is -2.35. The number of piperazine rings is 1. The van der Waals surface area contributed by atoms with Crippen molar-refractivity contribution in [3.05, 3.63) is 59.2 Å². The van der Waals surface area contributed by atoms with Gasteiger partial charge in [-0.05, 0) is 35.9 Å². The highest BCUT2D eigenvalue weighted by molar-refractivity contribution is 7.92. The first-order valence-electron chi connectivity index (χ1n) is 10.0. The van der Waals surface area contributed by atoms with Crippen LogP contribution in [-0.2, 0) is 21.4 Å². The summed E-state index contributed by atoms with van der Waals surface area (Å²) in [4.78, 5) is 28.5. The number of rotatable bonds is 6. The molecule has 2 aromatic rings. The van der Waals surface area contributed by atoms with Crippen molar-refractivity contribution in [2.75, 3.05) is 42.5 Å². The molecule has 0 spiro atoms. The first kappa shape index (κ1) is 23.2. The van der Waals surface area contributed by atoms with Gasteiger partial charge >= 0.3 is 0 Å². The van der Waals surface area contributed by atoms with E-state index in [-0.39, 0.29) is 23.1 Å². The molecule has 0 aromatic heterocycles. The number of nitrogens with one attached hydrogen (secondary N) is 2. The number of hydrogen-bond acceptors (Lipinski definition) is 6. The van der Waals surface area contributed by atoms with E-state index in [4.69, 9.17) is 5.26 Å². The fourth-order valence-electron chi connectivity index (χ4n) is 3.51. The summed E-state index contributed by atoms with van der Waals surface area (Å²) in [5, 5.41) is 11.5. The zero-order valence-corrected chi connectivity index (χ0v) is 18.8. The van der Waals surface area contributed by atoms with Gasteiger partial charge in [-0.3, -0.25) is 19.2 Å². The van der Waals surface area contributed by atoms with Crippen LogP contribution in [0.1, 0.15) is 28.4 Å². The first-order valence-corrected chi connectivity index (χ1v) is 11.9. The highest BCUT2D eigenvalue weighted by atomic mass is 32.2. The van der Waals surface area contributed by atoms with Crippen LogP contribution < -0.4 is 10.0 Å². The van der Waals surface area contributed by atoms with E-state index in [0.717, 1.165) is 11.8 Å². The standard InChI is InChI=1S/C22H25N5O4S/c1-16(28)24-19-7-8-21(25-32(2,30)31)20(13-19)22(29)27-11-9-26(10-12-27)15-18-5-3-17(14-23)4-6-18/h3-8,13,25H,9-12,15H2,1-2H3,(H,24,28). The minimum atomic E-state index is -3.58. The zero-order chi connectivity index (χ0) is 23.3. The average molecular weight is 456 g/mol. The van der Waals surface area contributed by atoms with Crippen molar-refractivity contribution >= 4 is 33.2 Å². The van der Waals surface area contributed by atoms with E-state index in [1.54, 1.807) is 23.1 Å². The Kier molecular flexibility index (Phi) is 7.12. The summed E-state index contributed by atoms with van der Waals surface area (Å²) >= 11 is 0. The number of sulfonamides is 1. The minimum Gasteiger partial charge on any atom is -0.336 e. The third-order valence-corrected chi connectivity index (χ3v) is 5.61. The molecular formula is C22H25N5O4S. The Hall–Kier alpha value is -3.42. The predicted octanol–water partition coefficient (Wildman–Crippen LogP) is 1.85. The third-order valence-electron chi connectivity index (χ3n) is 5.01. The van der Waals surface area contributed by atoms with E-state index in [9.17, 15) is 18.0 Å². The molecule has 2 amide bonds. The second-order valence-corrected chi connectivity index (χ2v) is 9.44. The van der Waals surface area contributed by atoms with Gasteiger partial charge in [0.15, 0.2) is 0 Å². The molecule has 10 heteroatoms. The molecular weight excluding hydrogens is 430 g/mol. The Morgan fingerprint density at radius 1 is 1.06 bits per heavy atom. The van der Waals surface area contributed by atoms with E-state index >= 15 is 0 Å². The second kappa shape index (κ2) is 9.80. The number of hydrogen-bond donors (Lipinski definition) is 2. The van der Waals surface area contributed by atoms with Crippen molar-refractivity contribution in [1.29, 1.82) is 5.26 Å². The van der Waals surface area contributed by atoms with Gasteiger partial charge in [0.2, 0.25) is 15.9 Å². The molecule has 3 rings (SSSR count). The summed E-state index contributed by atoms with van der Waals surface area (Å²) in [5.74, 6) is -0.593. The maximum absolute atomic E-state index is 13.2. The van der Waals surface area contributed by atoms with Gasteiger partial charge in [0, 0.05) is 45.3 Å². The lowest BCUT2D eigenvalue weighted by molar-refractivity contribution is -0.114. The molecule has 1 aliphatic rings. The summed E-state index contributed by atoms with van der Waals surface area (Å²) in [6, 6.07) is 14.0. The third kappa shape index (κ3) is 6.29. The molecule has 0 bridgehead atoms. The van der Waals surface area contributed by atoms with E-state index in [1.165, 1.54) is 19.1 Å². The molecule has 9 nitrogen and oxygen atoms in total. The smallest absolute Gasteiger partial charge is 0.256 e. The first-order chi connectivity index (χ1) is 15.1. The van der Waals surface area contributed by atoms with Crippen LogP contribution in [0.3, 0.4) is 0 Å². The highest BCUT2D eigenvalue weighted by Gasteiger charge is 2.25. The van der Waals surface area contributed by atoms with Gasteiger partial charge in [0.25, 0.3) is 5.91 Å². The van der Waals surface area contributed by atoms with Crippen LogP contribution >= 0.6 is 0 Å². The SMILES string of the molecule is CC(=O)Nc1ccc(NS(C)(=O)=O)c(C(=O)N2CCN(Cc3ccc(C#N)cc3)CC2)c1. The predicted molar refractivity (Wildman–Crippen MR) is 122 cm³/mol. The quantitative estimate of drug-likeness (QED) is 0.685. The Bertz CT molecular complexity index is 1150. The van der Waals surface area contributed by atoms with Crippen molar-refractivity contribution in [3.63, 3.8) is 0 Å². The molecule has 2 N–H and O–H groups in total. The number of anilines is 2. The van der Waals surface area contributed by atoms with Crippen LogP contribution in [-0.4, -0.2) is 62.5 Å². The summed E-state index contributed by atoms with van der Waals surface area (Å²) in [6.07, 6.45) is 1.02. The van der Waals surface area contributed by atoms with Crippen molar-refractivity contribution < 1.29 is 18.0 Å². The minimum absolute atomic E-state index is 0.173. The molecule has 1 heterocycles. The maximum atomic E-state index is 13.2. The average Bonchev–Trinajstić information content (AvgIpc) is 2.74. The highest BCUT2D eigenvalue weighted by Crippen LogP contribution is 2.24. The van der Waals surface area contributed by atoms with Gasteiger partial charge in [-0.2, -0.15) is 5.26 Å². The number of nitriles is 1. The van der Waals surface area contributed by atoms with Crippen LogP contribution in [0, 0.1) is 11.3 Å². The Labute approximate surface area is 187 Å². The Balaban J connectivity index is 1.71. The van der Waals surface area contributed by atoms with E-state index in [2.05, 4.69) is 21.0 Å². The maximum Gasteiger partial charge on any atom is 0.256 e. The topological polar surface area (TPSA) is 123 Å². The van der Waals surface area contributed by atoms with Crippen LogP contribution in [0.2, 0.25) is 0 Å². The molecule has 0 unspecified atom stereocenters.